The third-order valence-corrected chi connectivity index (χ3v) is 9.09. The van der Waals surface area contributed by atoms with Crippen LogP contribution >= 0.6 is 11.3 Å². The van der Waals surface area contributed by atoms with E-state index in [0.29, 0.717) is 6.04 Å². The number of aryl methyl sites for hydroxylation is 2. The van der Waals surface area contributed by atoms with E-state index in [2.05, 4.69) is 61.7 Å². The zero-order valence-electron chi connectivity index (χ0n) is 19.8. The van der Waals surface area contributed by atoms with Crippen LogP contribution in [0, 0.1) is 0 Å². The van der Waals surface area contributed by atoms with Crippen molar-refractivity contribution in [3.05, 3.63) is 44.9 Å². The summed E-state index contributed by atoms with van der Waals surface area (Å²) in [4.78, 5) is 5.65. The van der Waals surface area contributed by atoms with Gasteiger partial charge in [-0.05, 0) is 50.7 Å². The van der Waals surface area contributed by atoms with Gasteiger partial charge in [0.1, 0.15) is 5.82 Å². The molecule has 0 amide bonds. The van der Waals surface area contributed by atoms with Crippen LogP contribution < -0.4 is 11.0 Å². The monoisotopic (exact) mass is 469 g/mol. The average Bonchev–Trinajstić information content (AvgIpc) is 3.56. The Morgan fingerprint density at radius 3 is 3.03 bits per heavy atom. The van der Waals surface area contributed by atoms with E-state index in [-0.39, 0.29) is 5.60 Å². The quantitative estimate of drug-likeness (QED) is 0.698. The predicted molar refractivity (Wildman–Crippen MR) is 128 cm³/mol. The number of likely N-dealkylation sites (tertiary alicyclic amines) is 1. The summed E-state index contributed by atoms with van der Waals surface area (Å²) >= 11 is 2.00. The highest BCUT2D eigenvalue weighted by Crippen LogP contribution is 2.46. The Labute approximate surface area is 199 Å². The maximum atomic E-state index is 6.51. The molecule has 2 aromatic heterocycles. The van der Waals surface area contributed by atoms with Crippen LogP contribution in [0.3, 0.4) is 0 Å². The smallest absolute Gasteiger partial charge is 0.154 e. The molecule has 8 nitrogen and oxygen atoms in total. The molecule has 4 aliphatic rings. The highest BCUT2D eigenvalue weighted by atomic mass is 32.1. The third-order valence-electron chi connectivity index (χ3n) is 7.75. The zero-order chi connectivity index (χ0) is 22.4. The average molecular weight is 470 g/mol. The Morgan fingerprint density at radius 1 is 1.21 bits per heavy atom. The molecule has 1 spiro atoms. The van der Waals surface area contributed by atoms with Crippen molar-refractivity contribution < 1.29 is 4.74 Å². The second-order valence-corrected chi connectivity index (χ2v) is 11.2. The van der Waals surface area contributed by atoms with Gasteiger partial charge in [0, 0.05) is 54.5 Å². The number of nitrogens with one attached hydrogen (secondary N) is 2. The lowest BCUT2D eigenvalue weighted by Crippen LogP contribution is -2.51. The van der Waals surface area contributed by atoms with E-state index in [1.54, 1.807) is 4.88 Å². The van der Waals surface area contributed by atoms with Crippen LogP contribution in [0.2, 0.25) is 0 Å². The van der Waals surface area contributed by atoms with E-state index in [4.69, 9.17) is 4.74 Å². The third kappa shape index (κ3) is 3.99. The molecule has 2 N–H and O–H groups in total. The molecule has 33 heavy (non-hydrogen) atoms. The molecule has 178 valence electrons. The van der Waals surface area contributed by atoms with Gasteiger partial charge in [0.15, 0.2) is 5.82 Å². The number of thiophene rings is 1. The maximum Gasteiger partial charge on any atom is 0.154 e. The number of rotatable bonds is 5. The first-order valence-electron chi connectivity index (χ1n) is 12.5. The van der Waals surface area contributed by atoms with Crippen molar-refractivity contribution >= 4 is 11.3 Å². The second-order valence-electron chi connectivity index (χ2n) is 9.93. The van der Waals surface area contributed by atoms with Crippen LogP contribution in [-0.2, 0) is 42.7 Å². The van der Waals surface area contributed by atoms with Gasteiger partial charge in [-0.1, -0.05) is 6.92 Å². The lowest BCUT2D eigenvalue weighted by molar-refractivity contribution is -0.109. The molecule has 9 heteroatoms. The summed E-state index contributed by atoms with van der Waals surface area (Å²) in [5, 5.41) is 10.9. The standard InChI is InChI=1S/C24H35N7OS/c1-3-19-12-20-21(33-19)7-11-32-24(20)8-10-29(17(2)13-24)14-18-15-30(28-25-18)16-23-27-26-22-6-4-5-9-31(22)23/h12,15,17,25,28H,3-11,13-14,16H2,1-2H3/t17-,24+/m0/s1. The lowest BCUT2D eigenvalue weighted by atomic mass is 9.79. The number of piperidine rings is 1. The van der Waals surface area contributed by atoms with Crippen molar-refractivity contribution in [3.63, 3.8) is 0 Å². The van der Waals surface area contributed by atoms with E-state index >= 15 is 0 Å². The Balaban J connectivity index is 1.10. The van der Waals surface area contributed by atoms with Gasteiger partial charge in [-0.2, -0.15) is 0 Å². The van der Waals surface area contributed by atoms with E-state index in [1.165, 1.54) is 29.0 Å². The van der Waals surface area contributed by atoms with Crippen LogP contribution in [-0.4, -0.2) is 50.4 Å². The maximum absolute atomic E-state index is 6.51. The minimum atomic E-state index is -0.0814. The first-order chi connectivity index (χ1) is 16.1. The molecule has 0 aliphatic carbocycles. The fourth-order valence-electron chi connectivity index (χ4n) is 5.93. The summed E-state index contributed by atoms with van der Waals surface area (Å²) in [7, 11) is 0. The van der Waals surface area contributed by atoms with Gasteiger partial charge in [-0.3, -0.25) is 9.91 Å². The minimum Gasteiger partial charge on any atom is -0.370 e. The Morgan fingerprint density at radius 2 is 2.15 bits per heavy atom. The van der Waals surface area contributed by atoms with Gasteiger partial charge in [0.05, 0.1) is 24.4 Å². The summed E-state index contributed by atoms with van der Waals surface area (Å²) in [6.07, 6.45) is 10.0. The van der Waals surface area contributed by atoms with E-state index in [9.17, 15) is 0 Å². The summed E-state index contributed by atoms with van der Waals surface area (Å²) in [5.74, 6) is 2.17. The molecule has 2 aromatic rings. The first kappa shape index (κ1) is 21.6. The molecule has 6 rings (SSSR count). The molecule has 0 bridgehead atoms. The highest BCUT2D eigenvalue weighted by molar-refractivity contribution is 7.12. The summed E-state index contributed by atoms with van der Waals surface area (Å²) in [6.45, 7) is 9.19. The Kier molecular flexibility index (Phi) is 5.68. The van der Waals surface area contributed by atoms with Gasteiger partial charge in [0.2, 0.25) is 0 Å². The number of fused-ring (bicyclic) bond motifs is 3. The van der Waals surface area contributed by atoms with Crippen molar-refractivity contribution in [1.29, 1.82) is 0 Å². The molecule has 6 heterocycles. The van der Waals surface area contributed by atoms with Crippen molar-refractivity contribution in [2.75, 3.05) is 19.7 Å². The SMILES string of the molecule is CCc1cc2c(s1)CCO[C@@]21CCN(CC2=CN(Cc3nnc4n3CCCC4)NN2)[C@@H](C)C1. The fourth-order valence-corrected chi connectivity index (χ4v) is 7.11. The van der Waals surface area contributed by atoms with E-state index in [1.807, 2.05) is 11.3 Å². The minimum absolute atomic E-state index is 0.0814. The number of hydrogen-bond donors (Lipinski definition) is 2. The van der Waals surface area contributed by atoms with Gasteiger partial charge in [0.25, 0.3) is 0 Å². The largest absolute Gasteiger partial charge is 0.370 e. The van der Waals surface area contributed by atoms with E-state index < -0.39 is 0 Å². The van der Waals surface area contributed by atoms with Crippen LogP contribution in [0.5, 0.6) is 0 Å². The molecule has 1 saturated heterocycles. The topological polar surface area (TPSA) is 70.5 Å². The number of hydrogen-bond acceptors (Lipinski definition) is 8. The molecule has 0 aromatic carbocycles. The number of ether oxygens (including phenoxy) is 1. The van der Waals surface area contributed by atoms with Gasteiger partial charge in [-0.15, -0.1) is 27.1 Å². The van der Waals surface area contributed by atoms with E-state index in [0.717, 1.165) is 76.5 Å². The molecule has 2 atom stereocenters. The molecule has 0 unspecified atom stereocenters. The zero-order valence-corrected chi connectivity index (χ0v) is 20.6. The highest BCUT2D eigenvalue weighted by Gasteiger charge is 2.44. The van der Waals surface area contributed by atoms with Crippen molar-refractivity contribution in [3.8, 4) is 0 Å². The first-order valence-corrected chi connectivity index (χ1v) is 13.4. The molecule has 4 aliphatic heterocycles. The van der Waals surface area contributed by atoms with Crippen molar-refractivity contribution in [1.82, 2.24) is 35.6 Å². The number of hydrazine groups is 2. The molecule has 0 saturated carbocycles. The van der Waals surface area contributed by atoms with Gasteiger partial charge in [-0.25, -0.2) is 0 Å². The van der Waals surface area contributed by atoms with Crippen molar-refractivity contribution in [2.45, 2.75) is 83.5 Å². The van der Waals surface area contributed by atoms with Crippen LogP contribution in [0.25, 0.3) is 0 Å². The van der Waals surface area contributed by atoms with Crippen LogP contribution in [0.4, 0.5) is 0 Å². The summed E-state index contributed by atoms with van der Waals surface area (Å²) in [5.41, 5.74) is 9.28. The molecular formula is C24H35N7OS. The normalized spacial score (nSPS) is 27.4. The summed E-state index contributed by atoms with van der Waals surface area (Å²) < 4.78 is 8.80. The number of aromatic nitrogens is 3. The molecular weight excluding hydrogens is 434 g/mol. The Hall–Kier alpha value is -1.94. The second kappa shape index (κ2) is 8.69. The molecule has 1 fully saturated rings. The Bertz CT molecular complexity index is 1050. The van der Waals surface area contributed by atoms with Gasteiger partial charge >= 0.3 is 0 Å². The van der Waals surface area contributed by atoms with Crippen LogP contribution in [0.15, 0.2) is 18.0 Å². The van der Waals surface area contributed by atoms with Gasteiger partial charge < -0.3 is 14.7 Å². The van der Waals surface area contributed by atoms with Crippen molar-refractivity contribution in [2.24, 2.45) is 0 Å². The van der Waals surface area contributed by atoms with Crippen LogP contribution in [0.1, 0.15) is 66.5 Å². The number of nitrogens with zero attached hydrogens (tertiary/aromatic N) is 5. The molecule has 0 radical (unpaired) electrons. The lowest BCUT2D eigenvalue weighted by Gasteiger charge is -2.47. The fraction of sp³-hybridized carbons (Fsp3) is 0.667. The summed E-state index contributed by atoms with van der Waals surface area (Å²) in [6, 6.07) is 2.91. The predicted octanol–water partition coefficient (Wildman–Crippen LogP) is 2.86.